The van der Waals surface area contributed by atoms with Crippen molar-refractivity contribution in [2.45, 2.75) is 25.9 Å². The van der Waals surface area contributed by atoms with Crippen LogP contribution in [0.15, 0.2) is 0 Å². The van der Waals surface area contributed by atoms with Gasteiger partial charge in [0.1, 0.15) is 0 Å². The molecule has 1 N–H and O–H groups in total. The largest absolute Gasteiger partial charge is 0.435 e. The summed E-state index contributed by atoms with van der Waals surface area (Å²) in [5.74, 6) is 0. The fourth-order valence-corrected chi connectivity index (χ4v) is 0.750. The molecular formula is C4H11OSi2. The summed E-state index contributed by atoms with van der Waals surface area (Å²) in [5, 5.41) is 0. The molecule has 0 aromatic rings. The van der Waals surface area contributed by atoms with Crippen LogP contribution < -0.4 is 0 Å². The fourth-order valence-electron chi connectivity index (χ4n) is 0.250. The summed E-state index contributed by atoms with van der Waals surface area (Å²) in [6, 6.07) is 1.81. The Morgan fingerprint density at radius 3 is 1.71 bits per heavy atom. The Morgan fingerprint density at radius 2 is 1.71 bits per heavy atom. The topological polar surface area (TPSA) is 20.2 Å². The van der Waals surface area contributed by atoms with Crippen LogP contribution in [-0.2, 0) is 0 Å². The standard InChI is InChI=1S/C4H11OSi2/c1-3-7(5,6)4-2/h5H,3-4H2,1-2H3. The van der Waals surface area contributed by atoms with E-state index in [0.29, 0.717) is 0 Å². The minimum atomic E-state index is -1.85. The third kappa shape index (κ3) is 3.02. The van der Waals surface area contributed by atoms with E-state index in [0.717, 1.165) is 12.1 Å². The van der Waals surface area contributed by atoms with Gasteiger partial charge in [0.2, 0.25) is 0 Å². The zero-order chi connectivity index (χ0) is 5.91. The van der Waals surface area contributed by atoms with Crippen LogP contribution in [-0.4, -0.2) is 22.4 Å². The van der Waals surface area contributed by atoms with E-state index in [1.54, 1.807) is 0 Å². The van der Waals surface area contributed by atoms with Crippen molar-refractivity contribution in [1.82, 2.24) is 0 Å². The summed E-state index contributed by atoms with van der Waals surface area (Å²) in [4.78, 5) is 9.18. The molecule has 0 saturated carbocycles. The van der Waals surface area contributed by atoms with Crippen molar-refractivity contribution in [3.05, 3.63) is 0 Å². The van der Waals surface area contributed by atoms with Crippen LogP contribution in [0.1, 0.15) is 13.8 Å². The summed E-state index contributed by atoms with van der Waals surface area (Å²) >= 11 is 0. The molecular weight excluding hydrogens is 120 g/mol. The first-order valence-electron chi connectivity index (χ1n) is 2.59. The van der Waals surface area contributed by atoms with Crippen LogP contribution in [0.5, 0.6) is 0 Å². The molecule has 0 amide bonds. The van der Waals surface area contributed by atoms with Gasteiger partial charge in [0.05, 0.1) is 9.76 Å². The lowest BCUT2D eigenvalue weighted by atomic mass is 11.0. The smallest absolute Gasteiger partial charge is 0.166 e. The zero-order valence-corrected chi connectivity index (χ0v) is 6.86. The van der Waals surface area contributed by atoms with E-state index in [4.69, 9.17) is 0 Å². The molecule has 0 aliphatic rings. The lowest BCUT2D eigenvalue weighted by Crippen LogP contribution is -2.32. The first-order valence-corrected chi connectivity index (χ1v) is 6.46. The van der Waals surface area contributed by atoms with Crippen molar-refractivity contribution in [3.8, 4) is 0 Å². The first-order chi connectivity index (χ1) is 3.12. The summed E-state index contributed by atoms with van der Waals surface area (Å²) in [6.45, 7) is 4.01. The number of rotatable bonds is 2. The quantitative estimate of drug-likeness (QED) is 0.545. The second kappa shape index (κ2) is 2.64. The molecule has 3 heteroatoms. The summed E-state index contributed by atoms with van der Waals surface area (Å²) in [5.41, 5.74) is 0. The minimum Gasteiger partial charge on any atom is -0.435 e. The predicted molar refractivity (Wildman–Crippen MR) is 34.7 cm³/mol. The Morgan fingerprint density at radius 1 is 1.43 bits per heavy atom. The van der Waals surface area contributed by atoms with Crippen molar-refractivity contribution in [2.24, 2.45) is 0 Å². The molecule has 0 heterocycles. The van der Waals surface area contributed by atoms with Crippen molar-refractivity contribution in [1.29, 1.82) is 0 Å². The number of hydrogen-bond donors (Lipinski definition) is 1. The Bertz CT molecular complexity index is 47.7. The molecule has 0 aromatic carbocycles. The van der Waals surface area contributed by atoms with Crippen LogP contribution >= 0.6 is 0 Å². The van der Waals surface area contributed by atoms with Gasteiger partial charge in [-0.05, 0) is 12.1 Å². The molecule has 3 radical (unpaired) electrons. The van der Waals surface area contributed by atoms with Crippen molar-refractivity contribution in [2.75, 3.05) is 0 Å². The third-order valence-electron chi connectivity index (χ3n) is 1.17. The molecule has 1 nitrogen and oxygen atoms in total. The highest BCUT2D eigenvalue weighted by Crippen LogP contribution is 2.03. The molecule has 0 rings (SSSR count). The lowest BCUT2D eigenvalue weighted by molar-refractivity contribution is 0.559. The van der Waals surface area contributed by atoms with E-state index in [-0.39, 0.29) is 0 Å². The highest BCUT2D eigenvalue weighted by molar-refractivity contribution is 7.12. The first kappa shape index (κ1) is 7.39. The molecule has 0 atom stereocenters. The predicted octanol–water partition coefficient (Wildman–Crippen LogP) is 0.629. The average Bonchev–Trinajstić information content (AvgIpc) is 1.68. The highest BCUT2D eigenvalue weighted by atomic mass is 29.2. The molecule has 0 spiro atoms. The minimum absolute atomic E-state index is 0.903. The van der Waals surface area contributed by atoms with E-state index >= 15 is 0 Å². The van der Waals surface area contributed by atoms with Gasteiger partial charge in [0.15, 0.2) is 7.83 Å². The van der Waals surface area contributed by atoms with Gasteiger partial charge in [0, 0.05) is 0 Å². The third-order valence-corrected chi connectivity index (χ3v) is 5.63. The molecule has 0 fully saturated rings. The second-order valence-corrected chi connectivity index (χ2v) is 8.01. The van der Waals surface area contributed by atoms with Crippen molar-refractivity contribution < 1.29 is 4.80 Å². The summed E-state index contributed by atoms with van der Waals surface area (Å²) in [7, 11) is 1.48. The van der Waals surface area contributed by atoms with Gasteiger partial charge in [-0.25, -0.2) is 0 Å². The normalized spacial score (nSPS) is 12.0. The van der Waals surface area contributed by atoms with E-state index < -0.39 is 7.83 Å². The SMILES string of the molecule is CC[Si](O)([Si])CC. The van der Waals surface area contributed by atoms with Gasteiger partial charge in [-0.1, -0.05) is 13.8 Å². The van der Waals surface area contributed by atoms with Crippen LogP contribution in [0.3, 0.4) is 0 Å². The number of hydrogen-bond acceptors (Lipinski definition) is 1. The van der Waals surface area contributed by atoms with Gasteiger partial charge >= 0.3 is 0 Å². The molecule has 0 aromatic heterocycles. The van der Waals surface area contributed by atoms with Crippen LogP contribution in [0, 0.1) is 0 Å². The maximum absolute atomic E-state index is 9.18. The molecule has 7 heavy (non-hydrogen) atoms. The fraction of sp³-hybridized carbons (Fsp3) is 1.00. The lowest BCUT2D eigenvalue weighted by Gasteiger charge is -2.13. The Labute approximate surface area is 49.1 Å². The molecule has 41 valence electrons. The van der Waals surface area contributed by atoms with E-state index in [2.05, 4.69) is 9.76 Å². The zero-order valence-electron chi connectivity index (χ0n) is 4.86. The van der Waals surface area contributed by atoms with E-state index in [1.807, 2.05) is 13.8 Å². The van der Waals surface area contributed by atoms with Gasteiger partial charge in [0.25, 0.3) is 0 Å². The molecule has 0 bridgehead atoms. The van der Waals surface area contributed by atoms with E-state index in [1.165, 1.54) is 0 Å². The average molecular weight is 131 g/mol. The molecule has 0 saturated heterocycles. The van der Waals surface area contributed by atoms with Crippen LogP contribution in [0.25, 0.3) is 0 Å². The Kier molecular flexibility index (Phi) is 2.79. The highest BCUT2D eigenvalue weighted by Gasteiger charge is 2.17. The van der Waals surface area contributed by atoms with Crippen LogP contribution in [0.4, 0.5) is 0 Å². The van der Waals surface area contributed by atoms with Crippen LogP contribution in [0.2, 0.25) is 12.1 Å². The summed E-state index contributed by atoms with van der Waals surface area (Å²) in [6.07, 6.45) is 0. The summed E-state index contributed by atoms with van der Waals surface area (Å²) < 4.78 is 0. The van der Waals surface area contributed by atoms with Gasteiger partial charge in [-0.2, -0.15) is 0 Å². The Balaban J connectivity index is 3.36. The van der Waals surface area contributed by atoms with Gasteiger partial charge in [-0.15, -0.1) is 0 Å². The Hall–Kier alpha value is 0.394. The maximum Gasteiger partial charge on any atom is 0.166 e. The van der Waals surface area contributed by atoms with Crippen molar-refractivity contribution in [3.63, 3.8) is 0 Å². The van der Waals surface area contributed by atoms with Gasteiger partial charge in [-0.3, -0.25) is 0 Å². The molecule has 0 aliphatic carbocycles. The van der Waals surface area contributed by atoms with Gasteiger partial charge < -0.3 is 4.80 Å². The monoisotopic (exact) mass is 131 g/mol. The molecule has 0 aliphatic heterocycles. The maximum atomic E-state index is 9.18. The van der Waals surface area contributed by atoms with Crippen molar-refractivity contribution >= 4 is 17.6 Å². The molecule has 0 unspecified atom stereocenters. The second-order valence-electron chi connectivity index (χ2n) is 1.74. The van der Waals surface area contributed by atoms with E-state index in [9.17, 15) is 4.80 Å².